The molecule has 0 aliphatic heterocycles. The molecule has 0 atom stereocenters. The fraction of sp³-hybridized carbons (Fsp3) is 0.417. The number of carboxylic acid groups (broad SMARTS) is 1. The quantitative estimate of drug-likeness (QED) is 0.886. The number of carbonyl (C=O) groups is 1. The van der Waals surface area contributed by atoms with Crippen molar-refractivity contribution in [2.45, 2.75) is 25.4 Å². The van der Waals surface area contributed by atoms with E-state index in [9.17, 15) is 18.0 Å². The molecule has 0 amide bonds. The second kappa shape index (κ2) is 5.75. The van der Waals surface area contributed by atoms with Crippen LogP contribution in [0, 0.1) is 0 Å². The number of halogens is 3. The van der Waals surface area contributed by atoms with Crippen molar-refractivity contribution in [3.63, 3.8) is 0 Å². The van der Waals surface area contributed by atoms with Gasteiger partial charge in [-0.05, 0) is 25.0 Å². The molecule has 3 nitrogen and oxygen atoms in total. The lowest BCUT2D eigenvalue weighted by Gasteiger charge is -2.15. The summed E-state index contributed by atoms with van der Waals surface area (Å²) in [4.78, 5) is 10.4. The number of alkyl halides is 3. The van der Waals surface area contributed by atoms with Crippen molar-refractivity contribution >= 4 is 5.97 Å². The number of hydrogen-bond acceptors (Lipinski definition) is 2. The van der Waals surface area contributed by atoms with Crippen molar-refractivity contribution in [3.8, 4) is 5.75 Å². The van der Waals surface area contributed by atoms with E-state index in [-0.39, 0.29) is 30.6 Å². The van der Waals surface area contributed by atoms with Gasteiger partial charge in [-0.1, -0.05) is 6.07 Å². The van der Waals surface area contributed by atoms with Gasteiger partial charge in [0.1, 0.15) is 5.75 Å². The highest BCUT2D eigenvalue weighted by molar-refractivity contribution is 5.66. The van der Waals surface area contributed by atoms with Gasteiger partial charge in [0.2, 0.25) is 0 Å². The zero-order valence-electron chi connectivity index (χ0n) is 9.75. The Labute approximate surface area is 102 Å². The van der Waals surface area contributed by atoms with E-state index in [0.29, 0.717) is 0 Å². The molecule has 0 saturated heterocycles. The molecule has 0 radical (unpaired) electrons. The fourth-order valence-electron chi connectivity index (χ4n) is 1.70. The molecule has 0 heterocycles. The van der Waals surface area contributed by atoms with Gasteiger partial charge in [0.15, 0.2) is 0 Å². The topological polar surface area (TPSA) is 46.5 Å². The van der Waals surface area contributed by atoms with Gasteiger partial charge in [-0.3, -0.25) is 4.79 Å². The summed E-state index contributed by atoms with van der Waals surface area (Å²) in [5.41, 5.74) is -0.763. The molecule has 0 aliphatic rings. The Hall–Kier alpha value is -1.72. The maximum absolute atomic E-state index is 12.8. The van der Waals surface area contributed by atoms with E-state index in [1.54, 1.807) is 0 Å². The van der Waals surface area contributed by atoms with Crippen LogP contribution in [0.15, 0.2) is 18.2 Å². The summed E-state index contributed by atoms with van der Waals surface area (Å²) in [6.07, 6.45) is -4.48. The van der Waals surface area contributed by atoms with E-state index in [1.165, 1.54) is 19.2 Å². The minimum absolute atomic E-state index is 0.00810. The van der Waals surface area contributed by atoms with Gasteiger partial charge in [-0.2, -0.15) is 13.2 Å². The standard InChI is InChI=1S/C12H13F3O3/c1-18-10-6-3-5-9(12(13,14)15)8(10)4-2-7-11(16)17/h3,5-6H,2,4,7H2,1H3,(H,16,17). The zero-order valence-corrected chi connectivity index (χ0v) is 9.75. The van der Waals surface area contributed by atoms with E-state index in [4.69, 9.17) is 9.84 Å². The van der Waals surface area contributed by atoms with Crippen LogP contribution < -0.4 is 4.74 Å². The highest BCUT2D eigenvalue weighted by Gasteiger charge is 2.34. The van der Waals surface area contributed by atoms with Crippen LogP contribution in [0.4, 0.5) is 13.2 Å². The first-order valence-electron chi connectivity index (χ1n) is 5.31. The molecular weight excluding hydrogens is 249 g/mol. The molecule has 0 fully saturated rings. The highest BCUT2D eigenvalue weighted by atomic mass is 19.4. The van der Waals surface area contributed by atoms with Gasteiger partial charge in [0.25, 0.3) is 0 Å². The first kappa shape index (κ1) is 14.3. The van der Waals surface area contributed by atoms with Crippen LogP contribution in [0.1, 0.15) is 24.0 Å². The molecule has 0 saturated carbocycles. The van der Waals surface area contributed by atoms with Crippen molar-refractivity contribution in [1.29, 1.82) is 0 Å². The molecule has 1 rings (SSSR count). The number of ether oxygens (including phenoxy) is 1. The summed E-state index contributed by atoms with van der Waals surface area (Å²) >= 11 is 0. The van der Waals surface area contributed by atoms with Gasteiger partial charge in [-0.15, -0.1) is 0 Å². The number of hydrogen-bond donors (Lipinski definition) is 1. The van der Waals surface area contributed by atoms with Crippen molar-refractivity contribution < 1.29 is 27.8 Å². The second-order valence-electron chi connectivity index (χ2n) is 3.73. The minimum Gasteiger partial charge on any atom is -0.496 e. The molecule has 0 aliphatic carbocycles. The van der Waals surface area contributed by atoms with E-state index >= 15 is 0 Å². The van der Waals surface area contributed by atoms with Crippen molar-refractivity contribution in [2.75, 3.05) is 7.11 Å². The number of methoxy groups -OCH3 is 1. The van der Waals surface area contributed by atoms with Crippen LogP contribution >= 0.6 is 0 Å². The molecule has 0 aromatic heterocycles. The van der Waals surface area contributed by atoms with Crippen molar-refractivity contribution in [3.05, 3.63) is 29.3 Å². The van der Waals surface area contributed by atoms with Crippen LogP contribution in [-0.4, -0.2) is 18.2 Å². The summed E-state index contributed by atoms with van der Waals surface area (Å²) in [6, 6.07) is 3.67. The Morgan fingerprint density at radius 1 is 1.39 bits per heavy atom. The molecule has 1 aromatic carbocycles. The number of carboxylic acids is 1. The SMILES string of the molecule is COc1cccc(C(F)(F)F)c1CCCC(=O)O. The Balaban J connectivity index is 3.01. The first-order chi connectivity index (χ1) is 8.36. The summed E-state index contributed by atoms with van der Waals surface area (Å²) in [6.45, 7) is 0. The average Bonchev–Trinajstić information content (AvgIpc) is 2.27. The molecule has 0 bridgehead atoms. The Morgan fingerprint density at radius 3 is 2.56 bits per heavy atom. The van der Waals surface area contributed by atoms with E-state index in [2.05, 4.69) is 0 Å². The molecule has 6 heteroatoms. The second-order valence-corrected chi connectivity index (χ2v) is 3.73. The highest BCUT2D eigenvalue weighted by Crippen LogP contribution is 2.36. The minimum atomic E-state index is -4.47. The Kier molecular flexibility index (Phi) is 4.58. The molecule has 18 heavy (non-hydrogen) atoms. The van der Waals surface area contributed by atoms with Gasteiger partial charge < -0.3 is 9.84 Å². The Bertz CT molecular complexity index is 427. The van der Waals surface area contributed by atoms with Crippen LogP contribution in [0.5, 0.6) is 5.75 Å². The third-order valence-corrected chi connectivity index (χ3v) is 2.48. The maximum atomic E-state index is 12.8. The third kappa shape index (κ3) is 3.65. The number of rotatable bonds is 5. The summed E-state index contributed by atoms with van der Waals surface area (Å²) < 4.78 is 43.2. The molecule has 0 unspecified atom stereocenters. The number of benzene rings is 1. The largest absolute Gasteiger partial charge is 0.496 e. The summed E-state index contributed by atoms with van der Waals surface area (Å²) in [5.74, 6) is -0.895. The van der Waals surface area contributed by atoms with E-state index in [1.807, 2.05) is 0 Å². The van der Waals surface area contributed by atoms with Gasteiger partial charge in [0, 0.05) is 12.0 Å². The van der Waals surface area contributed by atoms with E-state index in [0.717, 1.165) is 6.07 Å². The first-order valence-corrected chi connectivity index (χ1v) is 5.31. The lowest BCUT2D eigenvalue weighted by atomic mass is 10.00. The molecular formula is C12H13F3O3. The maximum Gasteiger partial charge on any atom is 0.416 e. The van der Waals surface area contributed by atoms with Crippen LogP contribution in [0.2, 0.25) is 0 Å². The van der Waals surface area contributed by atoms with Crippen molar-refractivity contribution in [2.24, 2.45) is 0 Å². The normalized spacial score (nSPS) is 11.3. The average molecular weight is 262 g/mol. The van der Waals surface area contributed by atoms with Crippen LogP contribution in [-0.2, 0) is 17.4 Å². The number of aliphatic carboxylic acids is 1. The zero-order chi connectivity index (χ0) is 13.8. The van der Waals surface area contributed by atoms with Gasteiger partial charge >= 0.3 is 12.1 Å². The van der Waals surface area contributed by atoms with Crippen molar-refractivity contribution in [1.82, 2.24) is 0 Å². The van der Waals surface area contributed by atoms with Crippen LogP contribution in [0.25, 0.3) is 0 Å². The third-order valence-electron chi connectivity index (χ3n) is 2.48. The van der Waals surface area contributed by atoms with Crippen LogP contribution in [0.3, 0.4) is 0 Å². The van der Waals surface area contributed by atoms with Gasteiger partial charge in [-0.25, -0.2) is 0 Å². The van der Waals surface area contributed by atoms with E-state index < -0.39 is 17.7 Å². The summed E-state index contributed by atoms with van der Waals surface area (Å²) in [5, 5.41) is 8.49. The molecule has 100 valence electrons. The molecule has 1 aromatic rings. The predicted octanol–water partition coefficient (Wildman–Crippen LogP) is 3.12. The molecule has 0 spiro atoms. The Morgan fingerprint density at radius 2 is 2.06 bits per heavy atom. The molecule has 1 N–H and O–H groups in total. The monoisotopic (exact) mass is 262 g/mol. The van der Waals surface area contributed by atoms with Gasteiger partial charge in [0.05, 0.1) is 12.7 Å². The summed E-state index contributed by atoms with van der Waals surface area (Å²) in [7, 11) is 1.29. The lowest BCUT2D eigenvalue weighted by molar-refractivity contribution is -0.138. The predicted molar refractivity (Wildman–Crippen MR) is 58.6 cm³/mol. The fourth-order valence-corrected chi connectivity index (χ4v) is 1.70. The lowest BCUT2D eigenvalue weighted by Crippen LogP contribution is -2.11. The smallest absolute Gasteiger partial charge is 0.416 e.